The van der Waals surface area contributed by atoms with Gasteiger partial charge in [-0.3, -0.25) is 4.79 Å². The number of aromatic nitrogens is 3. The van der Waals surface area contributed by atoms with E-state index in [4.69, 9.17) is 4.74 Å². The number of carbonyl (C=O) groups excluding carboxylic acids is 1. The number of aromatic amines is 1. The predicted octanol–water partition coefficient (Wildman–Crippen LogP) is 4.61. The molecule has 0 radical (unpaired) electrons. The quantitative estimate of drug-likeness (QED) is 0.353. The zero-order valence-corrected chi connectivity index (χ0v) is 20.6. The number of imidazole rings is 1. The number of hydrogen-bond acceptors (Lipinski definition) is 6. The maximum absolute atomic E-state index is 12.8. The minimum absolute atomic E-state index is 0.103. The molecule has 5 rings (SSSR count). The SMILES string of the molecule is COc1ncccc1-c1ccc(O)c(-c2nc3cc(C(=O)NCCC4CCCCN4C)ccc3[nH]2)c1. The number of methoxy groups -OCH3 is 1. The zero-order chi connectivity index (χ0) is 25.1. The second kappa shape index (κ2) is 10.4. The van der Waals surface area contributed by atoms with E-state index >= 15 is 0 Å². The molecule has 0 bridgehead atoms. The molecule has 2 aromatic carbocycles. The fraction of sp³-hybridized carbons (Fsp3) is 0.321. The van der Waals surface area contributed by atoms with Crippen molar-refractivity contribution in [2.45, 2.75) is 31.7 Å². The molecule has 3 N–H and O–H groups in total. The van der Waals surface area contributed by atoms with Crippen LogP contribution in [0.25, 0.3) is 33.5 Å². The van der Waals surface area contributed by atoms with Gasteiger partial charge in [0.1, 0.15) is 11.6 Å². The van der Waals surface area contributed by atoms with Gasteiger partial charge in [-0.25, -0.2) is 9.97 Å². The van der Waals surface area contributed by atoms with Crippen LogP contribution in [0.1, 0.15) is 36.0 Å². The van der Waals surface area contributed by atoms with Crippen molar-refractivity contribution in [1.29, 1.82) is 0 Å². The molecule has 8 heteroatoms. The summed E-state index contributed by atoms with van der Waals surface area (Å²) in [5.74, 6) is 1.02. The van der Waals surface area contributed by atoms with Crippen LogP contribution in [0.4, 0.5) is 0 Å². The number of benzene rings is 2. The third-order valence-electron chi connectivity index (χ3n) is 6.96. The highest BCUT2D eigenvalue weighted by molar-refractivity contribution is 5.97. The van der Waals surface area contributed by atoms with Crippen molar-refractivity contribution >= 4 is 16.9 Å². The Morgan fingerprint density at radius 3 is 2.92 bits per heavy atom. The number of hydrogen-bond donors (Lipinski definition) is 3. The summed E-state index contributed by atoms with van der Waals surface area (Å²) < 4.78 is 5.39. The Hall–Kier alpha value is -3.91. The Morgan fingerprint density at radius 1 is 1.19 bits per heavy atom. The topological polar surface area (TPSA) is 103 Å². The van der Waals surface area contributed by atoms with Crippen molar-refractivity contribution in [3.05, 3.63) is 60.3 Å². The lowest BCUT2D eigenvalue weighted by molar-refractivity contribution is 0.0945. The molecule has 1 saturated heterocycles. The zero-order valence-electron chi connectivity index (χ0n) is 20.6. The van der Waals surface area contributed by atoms with Crippen LogP contribution < -0.4 is 10.1 Å². The van der Waals surface area contributed by atoms with Gasteiger partial charge in [-0.05, 0) is 80.9 Å². The number of phenols is 1. The number of amides is 1. The highest BCUT2D eigenvalue weighted by Crippen LogP contribution is 2.35. The van der Waals surface area contributed by atoms with Crippen LogP contribution in [0, 0.1) is 0 Å². The summed E-state index contributed by atoms with van der Waals surface area (Å²) in [6, 6.07) is 15.0. The number of nitrogens with zero attached hydrogens (tertiary/aromatic N) is 3. The summed E-state index contributed by atoms with van der Waals surface area (Å²) in [5.41, 5.74) is 4.23. The molecule has 1 aliphatic rings. The van der Waals surface area contributed by atoms with Crippen molar-refractivity contribution in [3.8, 4) is 34.1 Å². The first-order chi connectivity index (χ1) is 17.5. The Bertz CT molecular complexity index is 1380. The Balaban J connectivity index is 1.35. The van der Waals surface area contributed by atoms with Gasteiger partial charge in [-0.1, -0.05) is 12.5 Å². The van der Waals surface area contributed by atoms with Crippen LogP contribution in [0.5, 0.6) is 11.6 Å². The second-order valence-electron chi connectivity index (χ2n) is 9.28. The first-order valence-corrected chi connectivity index (χ1v) is 12.3. The van der Waals surface area contributed by atoms with Crippen LogP contribution in [0.2, 0.25) is 0 Å². The number of phenolic OH excluding ortho intramolecular Hbond substituents is 1. The number of nitrogens with one attached hydrogen (secondary N) is 2. The number of fused-ring (bicyclic) bond motifs is 1. The van der Waals surface area contributed by atoms with E-state index in [1.807, 2.05) is 30.3 Å². The number of aromatic hydroxyl groups is 1. The monoisotopic (exact) mass is 485 g/mol. The number of pyridine rings is 1. The van der Waals surface area contributed by atoms with E-state index in [-0.39, 0.29) is 11.7 Å². The standard InChI is InChI=1S/C28H31N5O3/c1-33-15-4-3-6-20(33)12-14-29-27(35)19-8-10-23-24(17-19)32-26(31-23)22-16-18(9-11-25(22)34)21-7-5-13-30-28(21)36-2/h5,7-11,13,16-17,20,34H,3-4,6,12,14-15H2,1-2H3,(H,29,35)(H,31,32). The predicted molar refractivity (Wildman–Crippen MR) is 140 cm³/mol. The maximum Gasteiger partial charge on any atom is 0.251 e. The lowest BCUT2D eigenvalue weighted by Crippen LogP contribution is -2.39. The molecule has 36 heavy (non-hydrogen) atoms. The smallest absolute Gasteiger partial charge is 0.251 e. The minimum atomic E-state index is -0.103. The molecule has 186 valence electrons. The van der Waals surface area contributed by atoms with Crippen LogP contribution in [-0.2, 0) is 0 Å². The number of ether oxygens (including phenoxy) is 1. The number of carbonyl (C=O) groups is 1. The van der Waals surface area contributed by atoms with Gasteiger partial charge in [-0.15, -0.1) is 0 Å². The van der Waals surface area contributed by atoms with Crippen LogP contribution >= 0.6 is 0 Å². The van der Waals surface area contributed by atoms with Gasteiger partial charge in [0.15, 0.2) is 0 Å². The maximum atomic E-state index is 12.8. The van der Waals surface area contributed by atoms with E-state index in [9.17, 15) is 9.90 Å². The number of H-pyrrole nitrogens is 1. The van der Waals surface area contributed by atoms with Crippen molar-refractivity contribution in [2.75, 3.05) is 27.2 Å². The van der Waals surface area contributed by atoms with Crippen LogP contribution in [-0.4, -0.2) is 64.2 Å². The molecule has 0 aliphatic carbocycles. The molecule has 8 nitrogen and oxygen atoms in total. The van der Waals surface area contributed by atoms with Gasteiger partial charge in [0.2, 0.25) is 5.88 Å². The lowest BCUT2D eigenvalue weighted by Gasteiger charge is -2.32. The van der Waals surface area contributed by atoms with E-state index in [0.29, 0.717) is 40.9 Å². The fourth-order valence-corrected chi connectivity index (χ4v) is 4.90. The molecule has 4 aromatic rings. The van der Waals surface area contributed by atoms with Crippen LogP contribution in [0.3, 0.4) is 0 Å². The average molecular weight is 486 g/mol. The summed E-state index contributed by atoms with van der Waals surface area (Å²) in [7, 11) is 3.74. The molecule has 1 atom stereocenters. The van der Waals surface area contributed by atoms with E-state index in [0.717, 1.165) is 29.6 Å². The van der Waals surface area contributed by atoms with Gasteiger partial charge in [0, 0.05) is 29.9 Å². The number of piperidine rings is 1. The average Bonchev–Trinajstić information content (AvgIpc) is 3.33. The third kappa shape index (κ3) is 4.90. The minimum Gasteiger partial charge on any atom is -0.507 e. The summed E-state index contributed by atoms with van der Waals surface area (Å²) >= 11 is 0. The summed E-state index contributed by atoms with van der Waals surface area (Å²) in [6.45, 7) is 1.78. The van der Waals surface area contributed by atoms with Crippen molar-refractivity contribution < 1.29 is 14.6 Å². The fourth-order valence-electron chi connectivity index (χ4n) is 4.90. The number of likely N-dealkylation sites (tertiary alicyclic amines) is 1. The molecule has 2 aromatic heterocycles. The second-order valence-corrected chi connectivity index (χ2v) is 9.28. The lowest BCUT2D eigenvalue weighted by atomic mass is 10.0. The van der Waals surface area contributed by atoms with Gasteiger partial charge >= 0.3 is 0 Å². The summed E-state index contributed by atoms with van der Waals surface area (Å²) in [5, 5.41) is 13.6. The van der Waals surface area contributed by atoms with Crippen molar-refractivity contribution in [1.82, 2.24) is 25.2 Å². The van der Waals surface area contributed by atoms with E-state index in [2.05, 4.69) is 32.2 Å². The highest BCUT2D eigenvalue weighted by Gasteiger charge is 2.19. The van der Waals surface area contributed by atoms with Crippen molar-refractivity contribution in [3.63, 3.8) is 0 Å². The van der Waals surface area contributed by atoms with Crippen molar-refractivity contribution in [2.24, 2.45) is 0 Å². The highest BCUT2D eigenvalue weighted by atomic mass is 16.5. The normalized spacial score (nSPS) is 16.2. The first-order valence-electron chi connectivity index (χ1n) is 12.3. The van der Waals surface area contributed by atoms with Gasteiger partial charge in [0.05, 0.1) is 23.7 Å². The molecule has 1 amide bonds. The first kappa shape index (κ1) is 23.8. The van der Waals surface area contributed by atoms with Gasteiger partial charge in [0.25, 0.3) is 5.91 Å². The number of rotatable bonds is 7. The molecule has 1 aliphatic heterocycles. The van der Waals surface area contributed by atoms with Gasteiger partial charge < -0.3 is 25.0 Å². The van der Waals surface area contributed by atoms with Gasteiger partial charge in [-0.2, -0.15) is 0 Å². The Kier molecular flexibility index (Phi) is 6.86. The summed E-state index contributed by atoms with van der Waals surface area (Å²) in [6.07, 6.45) is 6.33. The molecular formula is C28H31N5O3. The Labute approximate surface area is 210 Å². The molecule has 0 spiro atoms. The van der Waals surface area contributed by atoms with Crippen LogP contribution in [0.15, 0.2) is 54.7 Å². The molecule has 3 heterocycles. The van der Waals surface area contributed by atoms with E-state index < -0.39 is 0 Å². The molecule has 0 saturated carbocycles. The van der Waals surface area contributed by atoms with E-state index in [1.165, 1.54) is 19.3 Å². The molecule has 1 fully saturated rings. The summed E-state index contributed by atoms with van der Waals surface area (Å²) in [4.78, 5) is 27.4. The molecular weight excluding hydrogens is 454 g/mol. The largest absolute Gasteiger partial charge is 0.507 e. The van der Waals surface area contributed by atoms with E-state index in [1.54, 1.807) is 31.5 Å². The third-order valence-corrected chi connectivity index (χ3v) is 6.96. The molecule has 1 unspecified atom stereocenters. The Morgan fingerprint density at radius 2 is 2.08 bits per heavy atom.